The largest absolute Gasteiger partial charge is 0.409 e. The van der Waals surface area contributed by atoms with Crippen LogP contribution in [0.4, 0.5) is 0 Å². The number of rotatable bonds is 2. The molecule has 1 aromatic heterocycles. The van der Waals surface area contributed by atoms with E-state index >= 15 is 0 Å². The zero-order valence-electron chi connectivity index (χ0n) is 6.75. The highest BCUT2D eigenvalue weighted by Crippen LogP contribution is 1.69. The average Bonchev–Trinajstić information content (AvgIpc) is 2.13. The van der Waals surface area contributed by atoms with Crippen molar-refractivity contribution in [3.8, 4) is 0 Å². The molecule has 1 heterocycles. The minimum absolute atomic E-state index is 0.0625. The Morgan fingerprint density at radius 3 is 2.62 bits per heavy atom. The van der Waals surface area contributed by atoms with Gasteiger partial charge in [0, 0.05) is 0 Å². The molecule has 0 radical (unpaired) electrons. The van der Waals surface area contributed by atoms with Gasteiger partial charge in [-0.1, -0.05) is 9.69 Å². The predicted molar refractivity (Wildman–Crippen MR) is 40.2 cm³/mol. The van der Waals surface area contributed by atoms with E-state index in [1.165, 1.54) is 12.1 Å². The van der Waals surface area contributed by atoms with Crippen LogP contribution in [0.25, 0.3) is 0 Å². The van der Waals surface area contributed by atoms with Crippen LogP contribution >= 0.6 is 0 Å². The lowest BCUT2D eigenvalue weighted by molar-refractivity contribution is -0.0327. The van der Waals surface area contributed by atoms with Crippen LogP contribution in [0.2, 0.25) is 0 Å². The van der Waals surface area contributed by atoms with Crippen LogP contribution in [0.1, 0.15) is 0 Å². The summed E-state index contributed by atoms with van der Waals surface area (Å²) < 4.78 is 0. The summed E-state index contributed by atoms with van der Waals surface area (Å²) in [5.41, 5.74) is -0.210. The van der Waals surface area contributed by atoms with Gasteiger partial charge in [-0.3, -0.25) is 10.4 Å². The molecule has 7 heteroatoms. The van der Waals surface area contributed by atoms with Gasteiger partial charge in [0.05, 0.1) is 13.2 Å². The third kappa shape index (κ3) is 1.88. The molecular weight excluding hydrogens is 176 g/mol. The fraction of sp³-hybridized carbons (Fsp3) is 0.333. The SMILES string of the molecule is N=c1ccc(=NCCO)n(O)n1O. The Labute approximate surface area is 72.9 Å². The second kappa shape index (κ2) is 3.76. The number of aliphatic hydroxyl groups is 1. The molecule has 72 valence electrons. The lowest BCUT2D eigenvalue weighted by Crippen LogP contribution is -2.36. The Morgan fingerprint density at radius 1 is 1.31 bits per heavy atom. The van der Waals surface area contributed by atoms with E-state index in [4.69, 9.17) is 20.9 Å². The topological polar surface area (TPSA) is 107 Å². The number of aliphatic hydroxyl groups excluding tert-OH is 1. The van der Waals surface area contributed by atoms with Gasteiger partial charge in [-0.25, -0.2) is 0 Å². The van der Waals surface area contributed by atoms with E-state index in [2.05, 4.69) is 4.99 Å². The Kier molecular flexibility index (Phi) is 2.70. The maximum atomic E-state index is 9.14. The number of hydrogen-bond donors (Lipinski definition) is 4. The van der Waals surface area contributed by atoms with E-state index < -0.39 is 0 Å². The molecule has 0 atom stereocenters. The number of aromatic nitrogens is 2. The molecule has 0 saturated heterocycles. The lowest BCUT2D eigenvalue weighted by Gasteiger charge is -2.03. The highest BCUT2D eigenvalue weighted by Gasteiger charge is 1.95. The monoisotopic (exact) mass is 186 g/mol. The minimum atomic E-state index is -0.273. The molecule has 1 rings (SSSR count). The first-order valence-electron chi connectivity index (χ1n) is 3.56. The van der Waals surface area contributed by atoms with E-state index in [0.29, 0.717) is 4.85 Å². The molecule has 1 aromatic rings. The van der Waals surface area contributed by atoms with Crippen molar-refractivity contribution < 1.29 is 15.5 Å². The van der Waals surface area contributed by atoms with Gasteiger partial charge < -0.3 is 15.5 Å². The molecular formula is C6H10N4O3. The molecule has 13 heavy (non-hydrogen) atoms. The second-order valence-electron chi connectivity index (χ2n) is 2.26. The molecule has 0 aliphatic rings. The molecule has 7 nitrogen and oxygen atoms in total. The van der Waals surface area contributed by atoms with E-state index in [1.54, 1.807) is 0 Å². The molecule has 0 amide bonds. The quantitative estimate of drug-likeness (QED) is 0.407. The Morgan fingerprint density at radius 2 is 2.00 bits per heavy atom. The molecule has 4 N–H and O–H groups in total. The first-order valence-corrected chi connectivity index (χ1v) is 3.56. The van der Waals surface area contributed by atoms with Crippen LogP contribution in [-0.2, 0) is 0 Å². The molecule has 0 bridgehead atoms. The van der Waals surface area contributed by atoms with Gasteiger partial charge in [0.15, 0.2) is 11.0 Å². The van der Waals surface area contributed by atoms with Crippen LogP contribution in [0.3, 0.4) is 0 Å². The highest BCUT2D eigenvalue weighted by atomic mass is 16.6. The zero-order valence-corrected chi connectivity index (χ0v) is 6.75. The third-order valence-corrected chi connectivity index (χ3v) is 1.36. The fourth-order valence-electron chi connectivity index (χ4n) is 0.766. The van der Waals surface area contributed by atoms with Crippen molar-refractivity contribution >= 4 is 0 Å². The lowest BCUT2D eigenvalue weighted by atomic mass is 10.5. The molecule has 0 saturated carbocycles. The first-order chi connectivity index (χ1) is 6.16. The summed E-state index contributed by atoms with van der Waals surface area (Å²) in [6.07, 6.45) is 0. The van der Waals surface area contributed by atoms with Crippen LogP contribution in [0, 0.1) is 5.41 Å². The van der Waals surface area contributed by atoms with Gasteiger partial charge in [0.1, 0.15) is 0 Å². The van der Waals surface area contributed by atoms with Gasteiger partial charge in [0.2, 0.25) is 0 Å². The predicted octanol–water partition coefficient (Wildman–Crippen LogP) is -1.86. The molecule has 0 fully saturated rings. The van der Waals surface area contributed by atoms with Gasteiger partial charge in [0.25, 0.3) is 0 Å². The molecule has 0 aromatic carbocycles. The van der Waals surface area contributed by atoms with E-state index in [1.807, 2.05) is 0 Å². The first kappa shape index (κ1) is 9.33. The van der Waals surface area contributed by atoms with Crippen LogP contribution in [-0.4, -0.2) is 38.4 Å². The zero-order chi connectivity index (χ0) is 9.84. The van der Waals surface area contributed by atoms with Gasteiger partial charge in [-0.2, -0.15) is 0 Å². The maximum Gasteiger partial charge on any atom is 0.186 e. The Hall–Kier alpha value is -1.76. The summed E-state index contributed by atoms with van der Waals surface area (Å²) in [6, 6.07) is 2.62. The fourth-order valence-corrected chi connectivity index (χ4v) is 0.766. The minimum Gasteiger partial charge on any atom is -0.409 e. The van der Waals surface area contributed by atoms with Gasteiger partial charge in [-0.05, 0) is 12.1 Å². The van der Waals surface area contributed by atoms with E-state index in [-0.39, 0.29) is 29.0 Å². The van der Waals surface area contributed by atoms with Crippen LogP contribution in [0.5, 0.6) is 0 Å². The third-order valence-electron chi connectivity index (χ3n) is 1.36. The van der Waals surface area contributed by atoms with E-state index in [0.717, 1.165) is 0 Å². The summed E-state index contributed by atoms with van der Waals surface area (Å²) in [5, 5.41) is 33.7. The molecule has 0 aliphatic heterocycles. The van der Waals surface area contributed by atoms with Crippen molar-refractivity contribution in [3.63, 3.8) is 0 Å². The van der Waals surface area contributed by atoms with Crippen LogP contribution < -0.4 is 11.0 Å². The number of nitrogens with zero attached hydrogens (tertiary/aromatic N) is 3. The number of hydrogen-bond acceptors (Lipinski definition) is 5. The van der Waals surface area contributed by atoms with Crippen molar-refractivity contribution in [2.75, 3.05) is 13.2 Å². The summed E-state index contributed by atoms with van der Waals surface area (Å²) >= 11 is 0. The van der Waals surface area contributed by atoms with Gasteiger partial charge in [-0.15, -0.1) is 0 Å². The molecule has 0 spiro atoms. The summed E-state index contributed by atoms with van der Waals surface area (Å²) in [7, 11) is 0. The average molecular weight is 186 g/mol. The van der Waals surface area contributed by atoms with Gasteiger partial charge >= 0.3 is 0 Å². The van der Waals surface area contributed by atoms with Crippen LogP contribution in [0.15, 0.2) is 17.1 Å². The molecule has 0 aliphatic carbocycles. The highest BCUT2D eigenvalue weighted by molar-refractivity contribution is 4.82. The second-order valence-corrected chi connectivity index (χ2v) is 2.26. The Balaban J connectivity index is 3.26. The normalized spacial score (nSPS) is 11.9. The summed E-state index contributed by atoms with van der Waals surface area (Å²) in [5.74, 6) is 0. The van der Waals surface area contributed by atoms with Crippen molar-refractivity contribution in [2.45, 2.75) is 0 Å². The Bertz CT molecular complexity index is 405. The summed E-state index contributed by atoms with van der Waals surface area (Å²) in [4.78, 5) is 4.27. The van der Waals surface area contributed by atoms with E-state index in [9.17, 15) is 0 Å². The van der Waals surface area contributed by atoms with Crippen molar-refractivity contribution in [1.29, 1.82) is 5.41 Å². The smallest absolute Gasteiger partial charge is 0.186 e. The number of nitrogens with one attached hydrogen (secondary N) is 1. The maximum absolute atomic E-state index is 9.14. The standard InChI is InChI=1S/C6H10N4O3/c7-5-1-2-6(8-3-4-11)10(13)9(5)12/h1-2,7,11-13H,3-4H2. The van der Waals surface area contributed by atoms with Crippen molar-refractivity contribution in [3.05, 3.63) is 23.1 Å². The summed E-state index contributed by atoms with van der Waals surface area (Å²) in [6.45, 7) is -0.0219. The van der Waals surface area contributed by atoms with Crippen molar-refractivity contribution in [1.82, 2.24) is 9.69 Å². The van der Waals surface area contributed by atoms with Crippen molar-refractivity contribution in [2.24, 2.45) is 4.99 Å². The molecule has 0 unspecified atom stereocenters.